The molecule has 26 heavy (non-hydrogen) atoms. The number of ether oxygens (including phenoxy) is 1. The van der Waals surface area contributed by atoms with Crippen molar-refractivity contribution < 1.29 is 4.74 Å². The van der Waals surface area contributed by atoms with Gasteiger partial charge in [0.2, 0.25) is 0 Å². The molecule has 0 aliphatic carbocycles. The van der Waals surface area contributed by atoms with E-state index in [1.54, 1.807) is 0 Å². The van der Waals surface area contributed by atoms with Crippen LogP contribution in [-0.2, 0) is 13.0 Å². The molecule has 0 saturated heterocycles. The average molecular weight is 473 g/mol. The van der Waals surface area contributed by atoms with Gasteiger partial charge in [-0.05, 0) is 84.8 Å². The lowest BCUT2D eigenvalue weighted by Crippen LogP contribution is -2.30. The number of halogens is 2. The first kappa shape index (κ1) is 17.8. The monoisotopic (exact) mass is 471 g/mol. The average Bonchev–Trinajstić information content (AvgIpc) is 2.68. The molecule has 1 unspecified atom stereocenters. The van der Waals surface area contributed by atoms with Gasteiger partial charge in [0.05, 0.1) is 6.04 Å². The highest BCUT2D eigenvalue weighted by Crippen LogP contribution is 2.34. The minimum Gasteiger partial charge on any atom is -0.489 e. The summed E-state index contributed by atoms with van der Waals surface area (Å²) in [6, 6.07) is 23.4. The Balaban J connectivity index is 1.56. The quantitative estimate of drug-likeness (QED) is 0.500. The van der Waals surface area contributed by atoms with Crippen LogP contribution in [0.4, 0.5) is 0 Å². The molecule has 1 aliphatic rings. The molecule has 0 amide bonds. The lowest BCUT2D eigenvalue weighted by atomic mass is 9.90. The number of fused-ring (bicyclic) bond motifs is 1. The van der Waals surface area contributed by atoms with Crippen molar-refractivity contribution in [3.05, 3.63) is 97.9 Å². The van der Waals surface area contributed by atoms with E-state index in [9.17, 15) is 0 Å². The summed E-state index contributed by atoms with van der Waals surface area (Å²) in [5, 5.41) is 3.64. The Morgan fingerprint density at radius 1 is 0.923 bits per heavy atom. The first-order chi connectivity index (χ1) is 12.7. The Morgan fingerprint density at radius 2 is 1.77 bits per heavy atom. The fraction of sp³-hybridized carbons (Fsp3) is 0.182. The zero-order chi connectivity index (χ0) is 17.9. The molecular formula is C22H19Br2NO. The Kier molecular flexibility index (Phi) is 5.44. The van der Waals surface area contributed by atoms with E-state index < -0.39 is 0 Å². The number of nitrogens with one attached hydrogen (secondary N) is 1. The SMILES string of the molecule is Brc1ccc(C2NCCc3cc(OCc4ccccc4)ccc32)cc1Br. The van der Waals surface area contributed by atoms with E-state index in [4.69, 9.17) is 4.74 Å². The van der Waals surface area contributed by atoms with E-state index in [2.05, 4.69) is 85.7 Å². The van der Waals surface area contributed by atoms with Crippen molar-refractivity contribution >= 4 is 31.9 Å². The molecule has 3 aromatic rings. The molecule has 1 atom stereocenters. The van der Waals surface area contributed by atoms with Crippen LogP contribution in [0.5, 0.6) is 5.75 Å². The Hall–Kier alpha value is -1.62. The summed E-state index contributed by atoms with van der Waals surface area (Å²) in [4.78, 5) is 0. The van der Waals surface area contributed by atoms with E-state index in [0.717, 1.165) is 27.7 Å². The van der Waals surface area contributed by atoms with Gasteiger partial charge in [0.15, 0.2) is 0 Å². The lowest BCUT2D eigenvalue weighted by Gasteiger charge is -2.28. The third kappa shape index (κ3) is 3.88. The zero-order valence-electron chi connectivity index (χ0n) is 14.2. The molecule has 1 aliphatic heterocycles. The second kappa shape index (κ2) is 7.95. The molecule has 0 fully saturated rings. The molecule has 3 aromatic carbocycles. The predicted octanol–water partition coefficient (Wildman–Crippen LogP) is 6.03. The van der Waals surface area contributed by atoms with E-state index >= 15 is 0 Å². The molecular weight excluding hydrogens is 454 g/mol. The molecule has 0 spiro atoms. The normalized spacial score (nSPS) is 16.2. The molecule has 132 valence electrons. The molecule has 4 heteroatoms. The van der Waals surface area contributed by atoms with Gasteiger partial charge in [-0.15, -0.1) is 0 Å². The Labute approximate surface area is 170 Å². The van der Waals surface area contributed by atoms with Crippen LogP contribution in [0, 0.1) is 0 Å². The number of benzene rings is 3. The van der Waals surface area contributed by atoms with Gasteiger partial charge < -0.3 is 10.1 Å². The van der Waals surface area contributed by atoms with E-state index in [-0.39, 0.29) is 6.04 Å². The first-order valence-corrected chi connectivity index (χ1v) is 10.3. The molecule has 0 radical (unpaired) electrons. The van der Waals surface area contributed by atoms with Gasteiger partial charge in [0, 0.05) is 15.5 Å². The fourth-order valence-electron chi connectivity index (χ4n) is 3.36. The maximum atomic E-state index is 6.00. The first-order valence-electron chi connectivity index (χ1n) is 8.68. The number of hydrogen-bond donors (Lipinski definition) is 1. The zero-order valence-corrected chi connectivity index (χ0v) is 17.4. The van der Waals surface area contributed by atoms with Gasteiger partial charge in [-0.1, -0.05) is 42.5 Å². The van der Waals surface area contributed by atoms with Crippen LogP contribution in [0.3, 0.4) is 0 Å². The van der Waals surface area contributed by atoms with Crippen LogP contribution in [0.15, 0.2) is 75.7 Å². The maximum absolute atomic E-state index is 6.00. The fourth-order valence-corrected chi connectivity index (χ4v) is 4.00. The molecule has 1 N–H and O–H groups in total. The van der Waals surface area contributed by atoms with E-state index in [1.807, 2.05) is 18.2 Å². The van der Waals surface area contributed by atoms with Gasteiger partial charge in [-0.3, -0.25) is 0 Å². The highest BCUT2D eigenvalue weighted by molar-refractivity contribution is 9.13. The Bertz CT molecular complexity index is 911. The maximum Gasteiger partial charge on any atom is 0.120 e. The summed E-state index contributed by atoms with van der Waals surface area (Å²) in [7, 11) is 0. The number of hydrogen-bond acceptors (Lipinski definition) is 2. The third-order valence-corrected chi connectivity index (χ3v) is 6.57. The van der Waals surface area contributed by atoms with Gasteiger partial charge >= 0.3 is 0 Å². The summed E-state index contributed by atoms with van der Waals surface area (Å²) in [6.07, 6.45) is 1.02. The third-order valence-electron chi connectivity index (χ3n) is 4.69. The highest BCUT2D eigenvalue weighted by Gasteiger charge is 2.22. The molecule has 0 saturated carbocycles. The van der Waals surface area contributed by atoms with Crippen LogP contribution in [0.25, 0.3) is 0 Å². The molecule has 2 nitrogen and oxygen atoms in total. The molecule has 0 aromatic heterocycles. The van der Waals surface area contributed by atoms with Crippen molar-refractivity contribution in [2.75, 3.05) is 6.54 Å². The van der Waals surface area contributed by atoms with E-state index in [0.29, 0.717) is 6.61 Å². The van der Waals surface area contributed by atoms with E-state index in [1.165, 1.54) is 22.3 Å². The van der Waals surface area contributed by atoms with Gasteiger partial charge in [-0.25, -0.2) is 0 Å². The molecule has 1 heterocycles. The topological polar surface area (TPSA) is 21.3 Å². The summed E-state index contributed by atoms with van der Waals surface area (Å²) in [6.45, 7) is 1.56. The lowest BCUT2D eigenvalue weighted by molar-refractivity contribution is 0.305. The van der Waals surface area contributed by atoms with Crippen molar-refractivity contribution in [1.29, 1.82) is 0 Å². The number of rotatable bonds is 4. The minimum absolute atomic E-state index is 0.214. The second-order valence-electron chi connectivity index (χ2n) is 6.45. The minimum atomic E-state index is 0.214. The van der Waals surface area contributed by atoms with Crippen molar-refractivity contribution in [2.45, 2.75) is 19.1 Å². The van der Waals surface area contributed by atoms with Crippen LogP contribution in [0.2, 0.25) is 0 Å². The van der Waals surface area contributed by atoms with Crippen LogP contribution in [-0.4, -0.2) is 6.54 Å². The highest BCUT2D eigenvalue weighted by atomic mass is 79.9. The van der Waals surface area contributed by atoms with Crippen molar-refractivity contribution in [3.63, 3.8) is 0 Å². The summed E-state index contributed by atoms with van der Waals surface area (Å²) in [5.41, 5.74) is 5.14. The summed E-state index contributed by atoms with van der Waals surface area (Å²) in [5.74, 6) is 0.935. The summed E-state index contributed by atoms with van der Waals surface area (Å²) >= 11 is 7.16. The van der Waals surface area contributed by atoms with Crippen molar-refractivity contribution in [2.24, 2.45) is 0 Å². The summed E-state index contributed by atoms with van der Waals surface area (Å²) < 4.78 is 8.15. The van der Waals surface area contributed by atoms with Crippen LogP contribution < -0.4 is 10.1 Å². The largest absolute Gasteiger partial charge is 0.489 e. The van der Waals surface area contributed by atoms with Crippen molar-refractivity contribution in [3.8, 4) is 5.75 Å². The van der Waals surface area contributed by atoms with Gasteiger partial charge in [-0.2, -0.15) is 0 Å². The second-order valence-corrected chi connectivity index (χ2v) is 8.15. The smallest absolute Gasteiger partial charge is 0.120 e. The van der Waals surface area contributed by atoms with Gasteiger partial charge in [0.25, 0.3) is 0 Å². The van der Waals surface area contributed by atoms with Crippen LogP contribution >= 0.6 is 31.9 Å². The van der Waals surface area contributed by atoms with Crippen LogP contribution in [0.1, 0.15) is 28.3 Å². The van der Waals surface area contributed by atoms with Gasteiger partial charge in [0.1, 0.15) is 12.4 Å². The Morgan fingerprint density at radius 3 is 2.58 bits per heavy atom. The molecule has 4 rings (SSSR count). The van der Waals surface area contributed by atoms with Crippen molar-refractivity contribution in [1.82, 2.24) is 5.32 Å². The standard InChI is InChI=1S/C22H19Br2NO/c23-20-9-6-17(13-21(20)24)22-19-8-7-18(12-16(19)10-11-25-22)26-14-15-4-2-1-3-5-15/h1-9,12-13,22,25H,10-11,14H2. The molecule has 0 bridgehead atoms. The predicted molar refractivity (Wildman–Crippen MR) is 113 cm³/mol.